The van der Waals surface area contributed by atoms with E-state index >= 15 is 0 Å². The summed E-state index contributed by atoms with van der Waals surface area (Å²) in [7, 11) is 0. The fourth-order valence-electron chi connectivity index (χ4n) is 4.47. The van der Waals surface area contributed by atoms with Crippen LogP contribution in [0.3, 0.4) is 0 Å². The summed E-state index contributed by atoms with van der Waals surface area (Å²) in [4.78, 5) is 26.7. The van der Waals surface area contributed by atoms with E-state index in [1.54, 1.807) is 17.0 Å². The van der Waals surface area contributed by atoms with E-state index in [0.29, 0.717) is 12.8 Å². The van der Waals surface area contributed by atoms with Crippen LogP contribution in [0.15, 0.2) is 53.1 Å². The van der Waals surface area contributed by atoms with E-state index in [0.717, 1.165) is 18.4 Å². The van der Waals surface area contributed by atoms with Gasteiger partial charge in [-0.1, -0.05) is 30.3 Å². The molecule has 5 nitrogen and oxygen atoms in total. The fourth-order valence-corrected chi connectivity index (χ4v) is 4.47. The molecule has 1 aromatic carbocycles. The predicted octanol–water partition coefficient (Wildman–Crippen LogP) is 2.97. The van der Waals surface area contributed by atoms with E-state index in [-0.39, 0.29) is 23.8 Å². The summed E-state index contributed by atoms with van der Waals surface area (Å²) in [6, 6.07) is 12.7. The molecule has 2 saturated heterocycles. The minimum atomic E-state index is -0.910. The van der Waals surface area contributed by atoms with Gasteiger partial charge >= 0.3 is 5.97 Å². The van der Waals surface area contributed by atoms with E-state index in [9.17, 15) is 14.7 Å². The molecule has 2 aromatic rings. The van der Waals surface area contributed by atoms with Gasteiger partial charge in [-0.15, -0.1) is 0 Å². The number of fused-ring (bicyclic) bond motifs is 2. The highest BCUT2D eigenvalue weighted by molar-refractivity contribution is 5.93. The molecule has 0 spiro atoms. The van der Waals surface area contributed by atoms with Gasteiger partial charge in [-0.25, -0.2) is 0 Å². The number of amides is 1. The molecule has 4 rings (SSSR count). The van der Waals surface area contributed by atoms with Gasteiger partial charge in [0.25, 0.3) is 5.91 Å². The maximum atomic E-state index is 12.8. The smallest absolute Gasteiger partial charge is 0.312 e. The zero-order valence-corrected chi connectivity index (χ0v) is 13.2. The van der Waals surface area contributed by atoms with E-state index < -0.39 is 11.4 Å². The molecule has 2 fully saturated rings. The summed E-state index contributed by atoms with van der Waals surface area (Å²) in [6.07, 6.45) is 4.03. The average molecular weight is 325 g/mol. The first-order chi connectivity index (χ1) is 11.6. The van der Waals surface area contributed by atoms with Gasteiger partial charge in [-0.3, -0.25) is 9.59 Å². The molecule has 0 radical (unpaired) electrons. The van der Waals surface area contributed by atoms with E-state index in [4.69, 9.17) is 4.42 Å². The lowest BCUT2D eigenvalue weighted by atomic mass is 9.70. The monoisotopic (exact) mass is 325 g/mol. The Morgan fingerprint density at radius 2 is 1.96 bits per heavy atom. The van der Waals surface area contributed by atoms with Crippen LogP contribution in [0.25, 0.3) is 0 Å². The molecule has 1 N–H and O–H groups in total. The molecule has 0 unspecified atom stereocenters. The molecule has 5 heteroatoms. The molecule has 0 aliphatic carbocycles. The number of hydrogen-bond acceptors (Lipinski definition) is 3. The molecule has 1 aromatic heterocycles. The summed E-state index contributed by atoms with van der Waals surface area (Å²) < 4.78 is 5.24. The van der Waals surface area contributed by atoms with Gasteiger partial charge in [-0.2, -0.15) is 0 Å². The molecular weight excluding hydrogens is 306 g/mol. The Bertz CT molecular complexity index is 755. The number of carbonyl (C=O) groups excluding carboxylic acids is 1. The third-order valence-corrected chi connectivity index (χ3v) is 5.50. The van der Waals surface area contributed by atoms with Crippen molar-refractivity contribution in [3.05, 3.63) is 60.1 Å². The van der Waals surface area contributed by atoms with Crippen LogP contribution >= 0.6 is 0 Å². The van der Waals surface area contributed by atoms with Crippen LogP contribution in [-0.4, -0.2) is 34.0 Å². The van der Waals surface area contributed by atoms with Crippen LogP contribution in [0.4, 0.5) is 0 Å². The number of hydrogen-bond donors (Lipinski definition) is 1. The molecule has 1 amide bonds. The molecular formula is C19H19NO4. The van der Waals surface area contributed by atoms with Crippen LogP contribution < -0.4 is 0 Å². The number of benzene rings is 1. The van der Waals surface area contributed by atoms with Crippen LogP contribution in [0.5, 0.6) is 0 Å². The van der Waals surface area contributed by atoms with Crippen molar-refractivity contribution in [1.82, 2.24) is 4.90 Å². The van der Waals surface area contributed by atoms with E-state index in [1.165, 1.54) is 6.26 Å². The quantitative estimate of drug-likeness (QED) is 0.938. The third-order valence-electron chi connectivity index (χ3n) is 5.50. The molecule has 3 heterocycles. The lowest BCUT2D eigenvalue weighted by molar-refractivity contribution is -0.150. The van der Waals surface area contributed by atoms with Crippen molar-refractivity contribution >= 4 is 11.9 Å². The van der Waals surface area contributed by atoms with Crippen LogP contribution in [0, 0.1) is 5.41 Å². The van der Waals surface area contributed by atoms with Gasteiger partial charge in [0, 0.05) is 12.1 Å². The Balaban J connectivity index is 1.68. The highest BCUT2D eigenvalue weighted by Gasteiger charge is 2.61. The SMILES string of the molecule is O=C(c1ccco1)N1[C@H]2CC[C@@H]1[C@](Cc1ccccc1)(C(=O)O)C2. The summed E-state index contributed by atoms with van der Waals surface area (Å²) >= 11 is 0. The average Bonchev–Trinajstić information content (AvgIpc) is 3.30. The first kappa shape index (κ1) is 15.0. The Morgan fingerprint density at radius 3 is 2.62 bits per heavy atom. The molecule has 0 saturated carbocycles. The summed E-state index contributed by atoms with van der Waals surface area (Å²) in [5, 5.41) is 10.0. The second-order valence-electron chi connectivity index (χ2n) is 6.76. The standard InChI is InChI=1S/C19H19NO4/c21-17(15-7-4-10-24-15)20-14-8-9-16(20)19(12-14,18(22)23)11-13-5-2-1-3-6-13/h1-7,10,14,16H,8-9,11-12H2,(H,22,23)/t14-,16+,19+/m0/s1. The predicted molar refractivity (Wildman–Crippen MR) is 86.5 cm³/mol. The third kappa shape index (κ3) is 2.15. The Kier molecular flexibility index (Phi) is 3.44. The first-order valence-electron chi connectivity index (χ1n) is 8.25. The van der Waals surface area contributed by atoms with Gasteiger partial charge in [-0.05, 0) is 43.4 Å². The van der Waals surface area contributed by atoms with E-state index in [1.807, 2.05) is 30.3 Å². The summed E-state index contributed by atoms with van der Waals surface area (Å²) in [6.45, 7) is 0. The minimum absolute atomic E-state index is 0.0209. The minimum Gasteiger partial charge on any atom is -0.481 e. The molecule has 2 aliphatic rings. The number of furan rings is 1. The number of nitrogens with zero attached hydrogens (tertiary/aromatic N) is 1. The maximum absolute atomic E-state index is 12.8. The molecule has 2 bridgehead atoms. The number of carboxylic acid groups (broad SMARTS) is 1. The lowest BCUT2D eigenvalue weighted by Gasteiger charge is -2.33. The Hall–Kier alpha value is -2.56. The normalized spacial score (nSPS) is 28.2. The van der Waals surface area contributed by atoms with Crippen LogP contribution in [0.1, 0.15) is 35.4 Å². The number of carboxylic acids is 1. The van der Waals surface area contributed by atoms with Crippen molar-refractivity contribution in [1.29, 1.82) is 0 Å². The largest absolute Gasteiger partial charge is 0.481 e. The topological polar surface area (TPSA) is 70.8 Å². The van der Waals surface area contributed by atoms with Crippen molar-refractivity contribution in [3.8, 4) is 0 Å². The van der Waals surface area contributed by atoms with E-state index in [2.05, 4.69) is 0 Å². The zero-order valence-electron chi connectivity index (χ0n) is 13.2. The Morgan fingerprint density at radius 1 is 1.17 bits per heavy atom. The molecule has 2 aliphatic heterocycles. The number of carbonyl (C=O) groups is 2. The lowest BCUT2D eigenvalue weighted by Crippen LogP contribution is -2.46. The van der Waals surface area contributed by atoms with Gasteiger partial charge in [0.1, 0.15) is 0 Å². The number of rotatable bonds is 4. The van der Waals surface area contributed by atoms with Crippen molar-refractivity contribution in [2.75, 3.05) is 0 Å². The summed E-state index contributed by atoms with van der Waals surface area (Å²) in [5.74, 6) is -0.715. The zero-order chi connectivity index (χ0) is 16.7. The molecule has 24 heavy (non-hydrogen) atoms. The fraction of sp³-hybridized carbons (Fsp3) is 0.368. The van der Waals surface area contributed by atoms with Crippen molar-refractivity contribution in [2.24, 2.45) is 5.41 Å². The first-order valence-corrected chi connectivity index (χ1v) is 8.25. The second kappa shape index (κ2) is 5.51. The molecule has 3 atom stereocenters. The van der Waals surface area contributed by atoms with Gasteiger partial charge in [0.15, 0.2) is 5.76 Å². The molecule has 124 valence electrons. The summed E-state index contributed by atoms with van der Waals surface area (Å²) in [5.41, 5.74) is 0.0878. The van der Waals surface area contributed by atoms with Gasteiger partial charge in [0.2, 0.25) is 0 Å². The van der Waals surface area contributed by atoms with Crippen molar-refractivity contribution < 1.29 is 19.1 Å². The second-order valence-corrected chi connectivity index (χ2v) is 6.76. The van der Waals surface area contributed by atoms with Gasteiger partial charge < -0.3 is 14.4 Å². The van der Waals surface area contributed by atoms with Crippen molar-refractivity contribution in [3.63, 3.8) is 0 Å². The maximum Gasteiger partial charge on any atom is 0.312 e. The van der Waals surface area contributed by atoms with Crippen LogP contribution in [0.2, 0.25) is 0 Å². The van der Waals surface area contributed by atoms with Gasteiger partial charge in [0.05, 0.1) is 11.7 Å². The highest BCUT2D eigenvalue weighted by Crippen LogP contribution is 2.52. The van der Waals surface area contributed by atoms with Crippen LogP contribution in [-0.2, 0) is 11.2 Å². The Labute approximate surface area is 139 Å². The number of aliphatic carboxylic acids is 1. The van der Waals surface area contributed by atoms with Crippen molar-refractivity contribution in [2.45, 2.75) is 37.8 Å². The highest BCUT2D eigenvalue weighted by atomic mass is 16.4.